The Morgan fingerprint density at radius 2 is 2.20 bits per heavy atom. The van der Waals surface area contributed by atoms with Crippen LogP contribution in [0.5, 0.6) is 0 Å². The molecular formula is C14H21N5O. The number of hydrogen-bond acceptors (Lipinski definition) is 5. The van der Waals surface area contributed by atoms with Crippen LogP contribution in [0, 0.1) is 0 Å². The first kappa shape index (κ1) is 13.3. The normalized spacial score (nSPS) is 22.8. The van der Waals surface area contributed by atoms with Gasteiger partial charge in [0.15, 0.2) is 5.69 Å². The number of amides is 1. The molecule has 1 aliphatic carbocycles. The number of aromatic nitrogens is 2. The van der Waals surface area contributed by atoms with E-state index in [9.17, 15) is 4.79 Å². The minimum atomic E-state index is -0.122. The van der Waals surface area contributed by atoms with Gasteiger partial charge < -0.3 is 10.6 Å². The Bertz CT molecular complexity index is 471. The molecule has 2 heterocycles. The molecule has 1 aliphatic heterocycles. The number of nitrogens with zero attached hydrogens (tertiary/aromatic N) is 3. The van der Waals surface area contributed by atoms with Gasteiger partial charge in [0.05, 0.1) is 0 Å². The van der Waals surface area contributed by atoms with Crippen LogP contribution < -0.4 is 10.6 Å². The molecule has 1 amide bonds. The van der Waals surface area contributed by atoms with Crippen molar-refractivity contribution in [3.63, 3.8) is 0 Å². The average Bonchev–Trinajstić information content (AvgIpc) is 3.21. The van der Waals surface area contributed by atoms with Crippen molar-refractivity contribution in [2.45, 2.75) is 38.3 Å². The van der Waals surface area contributed by atoms with E-state index in [2.05, 4.69) is 25.7 Å². The predicted octanol–water partition coefficient (Wildman–Crippen LogP) is 0.875. The summed E-state index contributed by atoms with van der Waals surface area (Å²) in [6, 6.07) is 4.53. The fraction of sp³-hybridized carbons (Fsp3) is 0.643. The lowest BCUT2D eigenvalue weighted by molar-refractivity contribution is 0.0931. The molecule has 0 aromatic carbocycles. The second-order valence-corrected chi connectivity index (χ2v) is 5.52. The van der Waals surface area contributed by atoms with Crippen LogP contribution in [0.25, 0.3) is 0 Å². The molecule has 0 bridgehead atoms. The number of rotatable bonds is 5. The van der Waals surface area contributed by atoms with Crippen molar-refractivity contribution < 1.29 is 4.79 Å². The summed E-state index contributed by atoms with van der Waals surface area (Å²) >= 11 is 0. The quantitative estimate of drug-likeness (QED) is 0.834. The number of nitrogens with one attached hydrogen (secondary N) is 2. The minimum Gasteiger partial charge on any atom is -0.369 e. The highest BCUT2D eigenvalue weighted by atomic mass is 16.2. The maximum atomic E-state index is 12.1. The van der Waals surface area contributed by atoms with Gasteiger partial charge in [-0.05, 0) is 38.3 Å². The highest BCUT2D eigenvalue weighted by Crippen LogP contribution is 2.29. The zero-order valence-corrected chi connectivity index (χ0v) is 11.8. The number of anilines is 1. The third kappa shape index (κ3) is 3.07. The Kier molecular flexibility index (Phi) is 3.82. The summed E-state index contributed by atoms with van der Waals surface area (Å²) in [6.07, 6.45) is 3.67. The van der Waals surface area contributed by atoms with Crippen molar-refractivity contribution in [2.24, 2.45) is 0 Å². The topological polar surface area (TPSA) is 70.2 Å². The molecule has 6 heteroatoms. The van der Waals surface area contributed by atoms with Gasteiger partial charge in [0, 0.05) is 31.7 Å². The van der Waals surface area contributed by atoms with E-state index in [0.717, 1.165) is 32.1 Å². The summed E-state index contributed by atoms with van der Waals surface area (Å²) in [5.41, 5.74) is 0.386. The summed E-state index contributed by atoms with van der Waals surface area (Å²) in [5, 5.41) is 14.1. The Balaban J connectivity index is 1.53. The largest absolute Gasteiger partial charge is 0.369 e. The van der Waals surface area contributed by atoms with Gasteiger partial charge >= 0.3 is 0 Å². The van der Waals surface area contributed by atoms with Crippen LogP contribution in [-0.2, 0) is 0 Å². The van der Waals surface area contributed by atoms with Gasteiger partial charge in [-0.2, -0.15) is 0 Å². The summed E-state index contributed by atoms with van der Waals surface area (Å²) in [4.78, 5) is 14.6. The monoisotopic (exact) mass is 275 g/mol. The molecule has 1 unspecified atom stereocenters. The van der Waals surface area contributed by atoms with Crippen molar-refractivity contribution in [2.75, 3.05) is 25.0 Å². The fourth-order valence-corrected chi connectivity index (χ4v) is 2.66. The molecule has 2 fully saturated rings. The number of carbonyl (C=O) groups excluding carboxylic acids is 1. The highest BCUT2D eigenvalue weighted by Gasteiger charge is 2.34. The van der Waals surface area contributed by atoms with Gasteiger partial charge in [-0.1, -0.05) is 0 Å². The van der Waals surface area contributed by atoms with Crippen LogP contribution >= 0.6 is 0 Å². The Hall–Kier alpha value is -1.69. The maximum absolute atomic E-state index is 12.1. The lowest BCUT2D eigenvalue weighted by Crippen LogP contribution is -2.37. The molecule has 1 aromatic rings. The fourth-order valence-electron chi connectivity index (χ4n) is 2.66. The summed E-state index contributed by atoms with van der Waals surface area (Å²) in [6.45, 7) is 4.85. The van der Waals surface area contributed by atoms with Crippen molar-refractivity contribution >= 4 is 11.7 Å². The second-order valence-electron chi connectivity index (χ2n) is 5.52. The lowest BCUT2D eigenvalue weighted by atomic mass is 10.2. The highest BCUT2D eigenvalue weighted by molar-refractivity contribution is 5.92. The van der Waals surface area contributed by atoms with E-state index in [4.69, 9.17) is 0 Å². The van der Waals surface area contributed by atoms with Crippen molar-refractivity contribution in [3.8, 4) is 0 Å². The van der Waals surface area contributed by atoms with Crippen molar-refractivity contribution in [1.29, 1.82) is 0 Å². The van der Waals surface area contributed by atoms with Crippen LogP contribution in [0.2, 0.25) is 0 Å². The molecule has 0 spiro atoms. The summed E-state index contributed by atoms with van der Waals surface area (Å²) in [5.74, 6) is 0.577. The van der Waals surface area contributed by atoms with Gasteiger partial charge in [0.2, 0.25) is 0 Å². The van der Waals surface area contributed by atoms with E-state index in [0.29, 0.717) is 11.5 Å². The van der Waals surface area contributed by atoms with E-state index in [-0.39, 0.29) is 11.9 Å². The molecule has 3 rings (SSSR count). The van der Waals surface area contributed by atoms with Crippen LogP contribution in [-0.4, -0.2) is 52.7 Å². The molecule has 1 saturated heterocycles. The molecule has 108 valence electrons. The summed E-state index contributed by atoms with van der Waals surface area (Å²) in [7, 11) is 0. The molecule has 20 heavy (non-hydrogen) atoms. The third-order valence-electron chi connectivity index (χ3n) is 3.87. The van der Waals surface area contributed by atoms with E-state index < -0.39 is 0 Å². The van der Waals surface area contributed by atoms with Crippen LogP contribution in [0.1, 0.15) is 36.7 Å². The van der Waals surface area contributed by atoms with Gasteiger partial charge in [-0.25, -0.2) is 0 Å². The number of hydrogen-bond donors (Lipinski definition) is 2. The first-order valence-corrected chi connectivity index (χ1v) is 7.39. The van der Waals surface area contributed by atoms with Crippen LogP contribution in [0.15, 0.2) is 12.1 Å². The zero-order valence-electron chi connectivity index (χ0n) is 11.8. The molecular weight excluding hydrogens is 254 g/mol. The average molecular weight is 275 g/mol. The zero-order chi connectivity index (χ0) is 13.9. The first-order chi connectivity index (χ1) is 9.76. The molecule has 1 aromatic heterocycles. The smallest absolute Gasteiger partial charge is 0.272 e. The summed E-state index contributed by atoms with van der Waals surface area (Å²) < 4.78 is 0. The Labute approximate surface area is 118 Å². The SMILES string of the molecule is CCNc1ccc(C(=O)NC2CCN(C3CC3)C2)nn1. The molecule has 6 nitrogen and oxygen atoms in total. The van der Waals surface area contributed by atoms with E-state index in [1.807, 2.05) is 6.92 Å². The lowest BCUT2D eigenvalue weighted by Gasteiger charge is -2.15. The molecule has 2 N–H and O–H groups in total. The first-order valence-electron chi connectivity index (χ1n) is 7.39. The Morgan fingerprint density at radius 1 is 1.35 bits per heavy atom. The van der Waals surface area contributed by atoms with Crippen LogP contribution in [0.4, 0.5) is 5.82 Å². The number of likely N-dealkylation sites (tertiary alicyclic amines) is 1. The maximum Gasteiger partial charge on any atom is 0.272 e. The van der Waals surface area contributed by atoms with Gasteiger partial charge in [-0.15, -0.1) is 10.2 Å². The minimum absolute atomic E-state index is 0.122. The molecule has 0 radical (unpaired) electrons. The molecule has 2 aliphatic rings. The molecule has 1 atom stereocenters. The van der Waals surface area contributed by atoms with Crippen molar-refractivity contribution in [1.82, 2.24) is 20.4 Å². The van der Waals surface area contributed by atoms with E-state index in [1.165, 1.54) is 12.8 Å². The van der Waals surface area contributed by atoms with E-state index in [1.54, 1.807) is 12.1 Å². The van der Waals surface area contributed by atoms with Gasteiger partial charge in [0.25, 0.3) is 5.91 Å². The third-order valence-corrected chi connectivity index (χ3v) is 3.87. The second kappa shape index (κ2) is 5.75. The number of carbonyl (C=O) groups is 1. The standard InChI is InChI=1S/C14H21N5O/c1-2-15-13-6-5-12(17-18-13)14(20)16-10-7-8-19(9-10)11-3-4-11/h5-6,10-11H,2-4,7-9H2,1H3,(H,15,18)(H,16,20). The van der Waals surface area contributed by atoms with Gasteiger partial charge in [0.1, 0.15) is 5.82 Å². The van der Waals surface area contributed by atoms with Crippen LogP contribution in [0.3, 0.4) is 0 Å². The van der Waals surface area contributed by atoms with E-state index >= 15 is 0 Å². The van der Waals surface area contributed by atoms with Gasteiger partial charge in [-0.3, -0.25) is 9.69 Å². The molecule has 1 saturated carbocycles. The Morgan fingerprint density at radius 3 is 2.85 bits per heavy atom. The van der Waals surface area contributed by atoms with Crippen molar-refractivity contribution in [3.05, 3.63) is 17.8 Å². The predicted molar refractivity (Wildman–Crippen MR) is 76.7 cm³/mol.